The number of nitrogens with one attached hydrogen (secondary N) is 1. The summed E-state index contributed by atoms with van der Waals surface area (Å²) in [5.74, 6) is 0.361. The molecule has 2 aromatic rings. The van der Waals surface area contributed by atoms with Gasteiger partial charge in [0.2, 0.25) is 5.95 Å². The molecule has 4 nitrogen and oxygen atoms in total. The predicted molar refractivity (Wildman–Crippen MR) is 62.4 cm³/mol. The van der Waals surface area contributed by atoms with E-state index in [1.807, 2.05) is 0 Å². The van der Waals surface area contributed by atoms with E-state index in [9.17, 15) is 8.78 Å². The number of fused-ring (bicyclic) bond motifs is 1. The first-order valence-electron chi connectivity index (χ1n) is 5.77. The summed E-state index contributed by atoms with van der Waals surface area (Å²) in [7, 11) is 0. The minimum absolute atomic E-state index is 0.307. The largest absolute Gasteiger partial charge is 0.354 e. The number of nitrogens with zero attached hydrogens (tertiary/aromatic N) is 3. The van der Waals surface area contributed by atoms with Gasteiger partial charge in [-0.2, -0.15) is 10.1 Å². The Morgan fingerprint density at radius 1 is 1.39 bits per heavy atom. The van der Waals surface area contributed by atoms with Crippen molar-refractivity contribution in [3.05, 3.63) is 41.2 Å². The van der Waals surface area contributed by atoms with Crippen LogP contribution in [0.1, 0.15) is 23.9 Å². The highest BCUT2D eigenvalue weighted by Crippen LogP contribution is 2.30. The number of aryl methyl sites for hydroxylation is 1. The Kier molecular flexibility index (Phi) is 2.50. The van der Waals surface area contributed by atoms with E-state index < -0.39 is 11.6 Å². The lowest BCUT2D eigenvalue weighted by molar-refractivity contribution is 0.452. The van der Waals surface area contributed by atoms with Gasteiger partial charge < -0.3 is 5.32 Å². The fraction of sp³-hybridized carbons (Fsp3) is 0.333. The molecule has 0 amide bonds. The molecule has 0 saturated heterocycles. The molecule has 2 heterocycles. The smallest absolute Gasteiger partial charge is 0.221 e. The van der Waals surface area contributed by atoms with Gasteiger partial charge in [-0.15, -0.1) is 0 Å². The number of rotatable bonds is 1. The van der Waals surface area contributed by atoms with Crippen molar-refractivity contribution in [2.24, 2.45) is 0 Å². The molecule has 1 aliphatic rings. The van der Waals surface area contributed by atoms with Crippen molar-refractivity contribution in [1.82, 2.24) is 14.8 Å². The SMILES string of the molecule is Cc1nc2n(n1)C(c1cc(F)ccc1F)CCN2. The minimum atomic E-state index is -0.441. The summed E-state index contributed by atoms with van der Waals surface area (Å²) in [6.45, 7) is 2.44. The van der Waals surface area contributed by atoms with E-state index in [-0.39, 0.29) is 6.04 Å². The number of hydrogen-bond donors (Lipinski definition) is 1. The Morgan fingerprint density at radius 2 is 2.22 bits per heavy atom. The lowest BCUT2D eigenvalue weighted by atomic mass is 10.0. The van der Waals surface area contributed by atoms with Gasteiger partial charge >= 0.3 is 0 Å². The van der Waals surface area contributed by atoms with Crippen molar-refractivity contribution in [3.8, 4) is 0 Å². The number of halogens is 2. The second-order valence-corrected chi connectivity index (χ2v) is 4.32. The molecule has 94 valence electrons. The van der Waals surface area contributed by atoms with Gasteiger partial charge in [0.15, 0.2) is 0 Å². The van der Waals surface area contributed by atoms with Crippen LogP contribution in [0, 0.1) is 18.6 Å². The van der Waals surface area contributed by atoms with Crippen molar-refractivity contribution >= 4 is 5.95 Å². The zero-order valence-electron chi connectivity index (χ0n) is 9.82. The first-order chi connectivity index (χ1) is 8.65. The molecule has 1 aliphatic heterocycles. The van der Waals surface area contributed by atoms with E-state index in [1.165, 1.54) is 6.07 Å². The second kappa shape index (κ2) is 4.04. The van der Waals surface area contributed by atoms with Crippen LogP contribution in [0.2, 0.25) is 0 Å². The molecule has 6 heteroatoms. The molecule has 0 aliphatic carbocycles. The van der Waals surface area contributed by atoms with E-state index in [1.54, 1.807) is 11.6 Å². The molecule has 18 heavy (non-hydrogen) atoms. The molecule has 1 aromatic heterocycles. The highest BCUT2D eigenvalue weighted by atomic mass is 19.1. The molecule has 0 spiro atoms. The van der Waals surface area contributed by atoms with Gasteiger partial charge in [-0.1, -0.05) is 0 Å². The second-order valence-electron chi connectivity index (χ2n) is 4.32. The van der Waals surface area contributed by atoms with E-state index in [4.69, 9.17) is 0 Å². The molecule has 1 N–H and O–H groups in total. The van der Waals surface area contributed by atoms with E-state index in [2.05, 4.69) is 15.4 Å². The number of benzene rings is 1. The maximum absolute atomic E-state index is 13.8. The summed E-state index contributed by atoms with van der Waals surface area (Å²) in [5, 5.41) is 7.32. The number of hydrogen-bond acceptors (Lipinski definition) is 3. The summed E-state index contributed by atoms with van der Waals surface area (Å²) < 4.78 is 28.7. The van der Waals surface area contributed by atoms with Crippen LogP contribution in [0.5, 0.6) is 0 Å². The van der Waals surface area contributed by atoms with Crippen LogP contribution in [0.15, 0.2) is 18.2 Å². The van der Waals surface area contributed by atoms with Crippen LogP contribution in [-0.2, 0) is 0 Å². The summed E-state index contributed by atoms with van der Waals surface area (Å²) in [4.78, 5) is 4.20. The van der Waals surface area contributed by atoms with Crippen molar-refractivity contribution in [3.63, 3.8) is 0 Å². The van der Waals surface area contributed by atoms with E-state index >= 15 is 0 Å². The zero-order valence-corrected chi connectivity index (χ0v) is 9.82. The molecular weight excluding hydrogens is 238 g/mol. The highest BCUT2D eigenvalue weighted by molar-refractivity contribution is 5.33. The molecule has 1 aromatic carbocycles. The van der Waals surface area contributed by atoms with Crippen LogP contribution in [0.3, 0.4) is 0 Å². The predicted octanol–water partition coefficient (Wildman–Crippen LogP) is 2.27. The Labute approximate surface area is 103 Å². The maximum atomic E-state index is 13.8. The average Bonchev–Trinajstić information content (AvgIpc) is 2.72. The molecule has 0 bridgehead atoms. The van der Waals surface area contributed by atoms with Gasteiger partial charge in [-0.25, -0.2) is 13.5 Å². The lowest BCUT2D eigenvalue weighted by Crippen LogP contribution is -2.25. The summed E-state index contributed by atoms with van der Waals surface area (Å²) >= 11 is 0. The lowest BCUT2D eigenvalue weighted by Gasteiger charge is -2.25. The first kappa shape index (κ1) is 11.1. The zero-order chi connectivity index (χ0) is 12.7. The maximum Gasteiger partial charge on any atom is 0.221 e. The van der Waals surface area contributed by atoms with Crippen LogP contribution in [0.4, 0.5) is 14.7 Å². The van der Waals surface area contributed by atoms with Gasteiger partial charge in [0.05, 0.1) is 6.04 Å². The summed E-state index contributed by atoms with van der Waals surface area (Å²) in [6.07, 6.45) is 0.649. The fourth-order valence-corrected chi connectivity index (χ4v) is 2.27. The minimum Gasteiger partial charge on any atom is -0.354 e. The van der Waals surface area contributed by atoms with Gasteiger partial charge in [0, 0.05) is 12.1 Å². The molecule has 1 unspecified atom stereocenters. The van der Waals surface area contributed by atoms with Gasteiger partial charge in [-0.05, 0) is 31.5 Å². The van der Waals surface area contributed by atoms with Crippen molar-refractivity contribution in [1.29, 1.82) is 0 Å². The number of anilines is 1. The topological polar surface area (TPSA) is 42.7 Å². The summed E-state index contributed by atoms with van der Waals surface area (Å²) in [6, 6.07) is 3.19. The third-order valence-electron chi connectivity index (χ3n) is 3.05. The highest BCUT2D eigenvalue weighted by Gasteiger charge is 2.26. The Balaban J connectivity index is 2.10. The summed E-state index contributed by atoms with van der Waals surface area (Å²) in [5.41, 5.74) is 0.322. The normalized spacial score (nSPS) is 18.3. The molecule has 0 radical (unpaired) electrons. The van der Waals surface area contributed by atoms with Crippen molar-refractivity contribution in [2.75, 3.05) is 11.9 Å². The molecule has 3 rings (SSSR count). The molecule has 0 fully saturated rings. The van der Waals surface area contributed by atoms with E-state index in [0.717, 1.165) is 12.1 Å². The van der Waals surface area contributed by atoms with Crippen molar-refractivity contribution < 1.29 is 8.78 Å². The van der Waals surface area contributed by atoms with E-state index in [0.29, 0.717) is 30.3 Å². The molecule has 0 saturated carbocycles. The van der Waals surface area contributed by atoms with Gasteiger partial charge in [0.1, 0.15) is 17.5 Å². The average molecular weight is 250 g/mol. The number of aromatic nitrogens is 3. The van der Waals surface area contributed by atoms with Gasteiger partial charge in [0.25, 0.3) is 0 Å². The third-order valence-corrected chi connectivity index (χ3v) is 3.05. The standard InChI is InChI=1S/C12H12F2N4/c1-7-16-12-15-5-4-11(18(12)17-7)9-6-8(13)2-3-10(9)14/h2-3,6,11H,4-5H2,1H3,(H,15,16,17). The van der Waals surface area contributed by atoms with Crippen LogP contribution in [0.25, 0.3) is 0 Å². The molecule has 1 atom stereocenters. The first-order valence-corrected chi connectivity index (χ1v) is 5.77. The van der Waals surface area contributed by atoms with Crippen LogP contribution < -0.4 is 5.32 Å². The monoisotopic (exact) mass is 250 g/mol. The fourth-order valence-electron chi connectivity index (χ4n) is 2.27. The Hall–Kier alpha value is -1.98. The van der Waals surface area contributed by atoms with Crippen LogP contribution >= 0.6 is 0 Å². The quantitative estimate of drug-likeness (QED) is 0.844. The molecular formula is C12H12F2N4. The van der Waals surface area contributed by atoms with Gasteiger partial charge in [-0.3, -0.25) is 0 Å². The third kappa shape index (κ3) is 1.73. The van der Waals surface area contributed by atoms with Crippen LogP contribution in [-0.4, -0.2) is 21.3 Å². The Bertz CT molecular complexity index is 594. The Morgan fingerprint density at radius 3 is 3.06 bits per heavy atom. The van der Waals surface area contributed by atoms with Crippen molar-refractivity contribution in [2.45, 2.75) is 19.4 Å².